The predicted octanol–water partition coefficient (Wildman–Crippen LogP) is 3.16. The van der Waals surface area contributed by atoms with Crippen molar-refractivity contribution in [2.24, 2.45) is 4.99 Å². The van der Waals surface area contributed by atoms with E-state index in [0.717, 1.165) is 62.3 Å². The molecule has 1 aliphatic heterocycles. The molecule has 0 unspecified atom stereocenters. The highest BCUT2D eigenvalue weighted by atomic mass is 127. The molecule has 0 aromatic heterocycles. The summed E-state index contributed by atoms with van der Waals surface area (Å²) >= 11 is 1.87. The van der Waals surface area contributed by atoms with Gasteiger partial charge in [-0.2, -0.15) is 11.8 Å². The summed E-state index contributed by atoms with van der Waals surface area (Å²) in [5, 5.41) is 3.53. The van der Waals surface area contributed by atoms with E-state index in [4.69, 9.17) is 9.47 Å². The molecular weight excluding hydrogens is 487 g/mol. The Morgan fingerprint density at radius 2 is 1.86 bits per heavy atom. The van der Waals surface area contributed by atoms with E-state index in [0.29, 0.717) is 0 Å². The minimum Gasteiger partial charge on any atom is -0.497 e. The number of aliphatic imine (C=N–C) groups is 1. The second-order valence-electron chi connectivity index (χ2n) is 7.31. The van der Waals surface area contributed by atoms with Crippen LogP contribution in [0.3, 0.4) is 0 Å². The molecule has 2 rings (SSSR count). The molecular formula is C20H35IN4O2S. The van der Waals surface area contributed by atoms with Crippen LogP contribution >= 0.6 is 35.7 Å². The van der Waals surface area contributed by atoms with E-state index < -0.39 is 0 Å². The molecule has 0 radical (unpaired) electrons. The van der Waals surface area contributed by atoms with E-state index in [1.54, 1.807) is 14.2 Å². The number of thioether (sulfide) groups is 1. The summed E-state index contributed by atoms with van der Waals surface area (Å²) in [5.41, 5.74) is 1.16. The molecule has 28 heavy (non-hydrogen) atoms. The summed E-state index contributed by atoms with van der Waals surface area (Å²) in [6.45, 7) is 10.2. The zero-order valence-corrected chi connectivity index (χ0v) is 21.1. The summed E-state index contributed by atoms with van der Waals surface area (Å²) in [7, 11) is 5.28. The van der Waals surface area contributed by atoms with Crippen molar-refractivity contribution in [3.05, 3.63) is 23.8 Å². The van der Waals surface area contributed by atoms with Gasteiger partial charge in [0.25, 0.3) is 0 Å². The highest BCUT2D eigenvalue weighted by molar-refractivity contribution is 14.0. The normalized spacial score (nSPS) is 15.8. The SMILES string of the molecule is CN=C(NCC(C)(C)SC)N1CCN(Cc2cc(OC)ccc2OC)CC1.I. The standard InChI is InChI=1S/C20H34N4O2S.HI/c1-20(2,27-6)15-22-19(21-3)24-11-9-23(10-12-24)14-16-13-17(25-4)7-8-18(16)26-5;/h7-8,13H,9-12,14-15H2,1-6H3,(H,21,22);1H. The number of hydrogen-bond donors (Lipinski definition) is 1. The first-order valence-electron chi connectivity index (χ1n) is 9.36. The maximum absolute atomic E-state index is 5.51. The Morgan fingerprint density at radius 3 is 2.39 bits per heavy atom. The van der Waals surface area contributed by atoms with Crippen LogP contribution in [0, 0.1) is 0 Å². The molecule has 1 heterocycles. The summed E-state index contributed by atoms with van der Waals surface area (Å²) in [4.78, 5) is 9.27. The number of halogens is 1. The van der Waals surface area contributed by atoms with Gasteiger partial charge in [-0.3, -0.25) is 9.89 Å². The van der Waals surface area contributed by atoms with Gasteiger partial charge >= 0.3 is 0 Å². The fraction of sp³-hybridized carbons (Fsp3) is 0.650. The molecule has 0 aliphatic carbocycles. The first kappa shape index (κ1) is 25.2. The van der Waals surface area contributed by atoms with Gasteiger partial charge in [-0.05, 0) is 38.3 Å². The maximum Gasteiger partial charge on any atom is 0.193 e. The highest BCUT2D eigenvalue weighted by Crippen LogP contribution is 2.25. The third kappa shape index (κ3) is 7.18. The average Bonchev–Trinajstić information content (AvgIpc) is 2.69. The second kappa shape index (κ2) is 12.0. The molecule has 8 heteroatoms. The molecule has 0 bridgehead atoms. The number of rotatable bonds is 7. The minimum absolute atomic E-state index is 0. The number of piperazine rings is 1. The third-order valence-corrected chi connectivity index (χ3v) is 6.24. The number of benzene rings is 1. The molecule has 0 amide bonds. The predicted molar refractivity (Wildman–Crippen MR) is 131 cm³/mol. The van der Waals surface area contributed by atoms with Crippen LogP contribution < -0.4 is 14.8 Å². The van der Waals surface area contributed by atoms with Crippen molar-refractivity contribution >= 4 is 41.7 Å². The van der Waals surface area contributed by atoms with E-state index in [9.17, 15) is 0 Å². The molecule has 0 saturated carbocycles. The summed E-state index contributed by atoms with van der Waals surface area (Å²) in [6, 6.07) is 5.98. The second-order valence-corrected chi connectivity index (χ2v) is 8.82. The zero-order chi connectivity index (χ0) is 19.9. The number of nitrogens with zero attached hydrogens (tertiary/aromatic N) is 3. The van der Waals surface area contributed by atoms with Crippen molar-refractivity contribution < 1.29 is 9.47 Å². The van der Waals surface area contributed by atoms with Crippen LogP contribution in [0.5, 0.6) is 11.5 Å². The molecule has 1 fully saturated rings. The van der Waals surface area contributed by atoms with Crippen LogP contribution in [0.1, 0.15) is 19.4 Å². The average molecular weight is 522 g/mol. The number of ether oxygens (including phenoxy) is 2. The molecule has 1 aliphatic rings. The lowest BCUT2D eigenvalue weighted by Crippen LogP contribution is -2.53. The van der Waals surface area contributed by atoms with Gasteiger partial charge in [-0.25, -0.2) is 0 Å². The molecule has 0 atom stereocenters. The van der Waals surface area contributed by atoms with Crippen LogP contribution in [0.15, 0.2) is 23.2 Å². The van der Waals surface area contributed by atoms with Crippen molar-refractivity contribution in [3.63, 3.8) is 0 Å². The number of guanidine groups is 1. The van der Waals surface area contributed by atoms with E-state index in [2.05, 4.69) is 46.3 Å². The van der Waals surface area contributed by atoms with E-state index in [1.165, 1.54) is 0 Å². The van der Waals surface area contributed by atoms with Gasteiger partial charge in [0.1, 0.15) is 11.5 Å². The van der Waals surface area contributed by atoms with Gasteiger partial charge in [0.05, 0.1) is 14.2 Å². The van der Waals surface area contributed by atoms with Crippen LogP contribution in [0.25, 0.3) is 0 Å². The Hall–Kier alpha value is -0.870. The zero-order valence-electron chi connectivity index (χ0n) is 17.9. The van der Waals surface area contributed by atoms with E-state index in [1.807, 2.05) is 30.9 Å². The molecule has 1 saturated heterocycles. The van der Waals surface area contributed by atoms with Crippen LogP contribution in [0.4, 0.5) is 0 Å². The van der Waals surface area contributed by atoms with E-state index in [-0.39, 0.29) is 28.7 Å². The van der Waals surface area contributed by atoms with Crippen molar-refractivity contribution in [2.75, 3.05) is 60.2 Å². The van der Waals surface area contributed by atoms with Gasteiger partial charge in [0, 0.05) is 56.6 Å². The third-order valence-electron chi connectivity index (χ3n) is 4.99. The van der Waals surface area contributed by atoms with E-state index >= 15 is 0 Å². The first-order valence-corrected chi connectivity index (χ1v) is 10.6. The molecule has 1 N–H and O–H groups in total. The molecule has 1 aromatic rings. The Morgan fingerprint density at radius 1 is 1.18 bits per heavy atom. The molecule has 0 spiro atoms. The van der Waals surface area contributed by atoms with Gasteiger partial charge in [-0.1, -0.05) is 0 Å². The first-order chi connectivity index (χ1) is 12.9. The van der Waals surface area contributed by atoms with Gasteiger partial charge in [0.15, 0.2) is 5.96 Å². The van der Waals surface area contributed by atoms with Gasteiger partial charge < -0.3 is 19.7 Å². The fourth-order valence-electron chi connectivity index (χ4n) is 3.06. The summed E-state index contributed by atoms with van der Waals surface area (Å²) < 4.78 is 11.1. The lowest BCUT2D eigenvalue weighted by Gasteiger charge is -2.37. The topological polar surface area (TPSA) is 49.3 Å². The minimum atomic E-state index is 0. The Labute approximate surface area is 191 Å². The monoisotopic (exact) mass is 522 g/mol. The van der Waals surface area contributed by atoms with Crippen LogP contribution in [-0.2, 0) is 6.54 Å². The molecule has 160 valence electrons. The lowest BCUT2D eigenvalue weighted by molar-refractivity contribution is 0.171. The summed E-state index contributed by atoms with van der Waals surface area (Å²) in [6.07, 6.45) is 2.15. The fourth-order valence-corrected chi connectivity index (χ4v) is 3.28. The Balaban J connectivity index is 0.00000392. The number of methoxy groups -OCH3 is 2. The molecule has 1 aromatic carbocycles. The lowest BCUT2D eigenvalue weighted by atomic mass is 10.1. The number of nitrogens with one attached hydrogen (secondary N) is 1. The highest BCUT2D eigenvalue weighted by Gasteiger charge is 2.23. The van der Waals surface area contributed by atoms with Crippen LogP contribution in [0.2, 0.25) is 0 Å². The van der Waals surface area contributed by atoms with Gasteiger partial charge in [-0.15, -0.1) is 24.0 Å². The largest absolute Gasteiger partial charge is 0.497 e. The van der Waals surface area contributed by atoms with Crippen molar-refractivity contribution in [3.8, 4) is 11.5 Å². The van der Waals surface area contributed by atoms with Crippen molar-refractivity contribution in [1.29, 1.82) is 0 Å². The smallest absolute Gasteiger partial charge is 0.193 e. The summed E-state index contributed by atoms with van der Waals surface area (Å²) in [5.74, 6) is 2.77. The quantitative estimate of drug-likeness (QED) is 0.338. The van der Waals surface area contributed by atoms with Crippen molar-refractivity contribution in [1.82, 2.24) is 15.1 Å². The Kier molecular flexibility index (Phi) is 10.8. The van der Waals surface area contributed by atoms with Gasteiger partial charge in [0.2, 0.25) is 0 Å². The molecule has 6 nitrogen and oxygen atoms in total. The number of hydrogen-bond acceptors (Lipinski definition) is 5. The van der Waals surface area contributed by atoms with Crippen LogP contribution in [-0.4, -0.2) is 80.8 Å². The Bertz CT molecular complexity index is 635. The maximum atomic E-state index is 5.51. The van der Waals surface area contributed by atoms with Crippen molar-refractivity contribution in [2.45, 2.75) is 25.1 Å².